The van der Waals surface area contributed by atoms with Gasteiger partial charge in [-0.3, -0.25) is 4.79 Å². The highest BCUT2D eigenvalue weighted by Crippen LogP contribution is 2.03. The molecule has 0 atom stereocenters. The molecule has 0 heterocycles. The van der Waals surface area contributed by atoms with Gasteiger partial charge in [-0.25, -0.2) is 0 Å². The van der Waals surface area contributed by atoms with E-state index in [0.29, 0.717) is 13.1 Å². The van der Waals surface area contributed by atoms with Crippen molar-refractivity contribution in [3.63, 3.8) is 0 Å². The van der Waals surface area contributed by atoms with Gasteiger partial charge in [0.1, 0.15) is 0 Å². The fourth-order valence-corrected chi connectivity index (χ4v) is 1.44. The Labute approximate surface area is 90.9 Å². The Morgan fingerprint density at radius 2 is 2.20 bits per heavy atom. The van der Waals surface area contributed by atoms with E-state index in [1.165, 1.54) is 11.1 Å². The summed E-state index contributed by atoms with van der Waals surface area (Å²) in [7, 11) is 1.76. The van der Waals surface area contributed by atoms with Crippen molar-refractivity contribution >= 4 is 5.91 Å². The Bertz CT molecular complexity index is 323. The Kier molecular flexibility index (Phi) is 4.84. The highest BCUT2D eigenvalue weighted by Gasteiger charge is 1.98. The molecule has 0 bridgehead atoms. The molecule has 82 valence electrons. The summed E-state index contributed by atoms with van der Waals surface area (Å²) < 4.78 is 0. The van der Waals surface area contributed by atoms with Gasteiger partial charge in [-0.1, -0.05) is 29.8 Å². The summed E-state index contributed by atoms with van der Waals surface area (Å²) in [5, 5.41) is 5.66. The van der Waals surface area contributed by atoms with Crippen molar-refractivity contribution in [1.82, 2.24) is 10.6 Å². The van der Waals surface area contributed by atoms with Crippen molar-refractivity contribution in [3.05, 3.63) is 35.4 Å². The van der Waals surface area contributed by atoms with Gasteiger partial charge in [-0.05, 0) is 26.0 Å². The van der Waals surface area contributed by atoms with Crippen molar-refractivity contribution in [1.29, 1.82) is 0 Å². The molecule has 0 aliphatic rings. The SMILES string of the molecule is CNCC(=O)NCCc1cccc(C)c1. The van der Waals surface area contributed by atoms with Crippen LogP contribution in [0.15, 0.2) is 24.3 Å². The molecule has 3 nitrogen and oxygen atoms in total. The van der Waals surface area contributed by atoms with E-state index >= 15 is 0 Å². The molecule has 2 N–H and O–H groups in total. The largest absolute Gasteiger partial charge is 0.355 e. The summed E-state index contributed by atoms with van der Waals surface area (Å²) in [4.78, 5) is 11.1. The molecule has 0 radical (unpaired) electrons. The molecule has 1 aromatic carbocycles. The smallest absolute Gasteiger partial charge is 0.233 e. The lowest BCUT2D eigenvalue weighted by Gasteiger charge is -2.05. The van der Waals surface area contributed by atoms with Crippen LogP contribution in [0.2, 0.25) is 0 Å². The van der Waals surface area contributed by atoms with Gasteiger partial charge >= 0.3 is 0 Å². The van der Waals surface area contributed by atoms with Crippen LogP contribution in [0.5, 0.6) is 0 Å². The summed E-state index contributed by atoms with van der Waals surface area (Å²) >= 11 is 0. The monoisotopic (exact) mass is 206 g/mol. The minimum atomic E-state index is 0.0464. The molecule has 1 aromatic rings. The Morgan fingerprint density at radius 1 is 1.40 bits per heavy atom. The second-order valence-electron chi connectivity index (χ2n) is 3.62. The van der Waals surface area contributed by atoms with Crippen molar-refractivity contribution in [2.75, 3.05) is 20.1 Å². The molecule has 1 amide bonds. The first kappa shape index (κ1) is 11.7. The molecule has 0 aromatic heterocycles. The molecular formula is C12H18N2O. The van der Waals surface area contributed by atoms with Crippen LogP contribution >= 0.6 is 0 Å². The molecule has 0 aliphatic carbocycles. The van der Waals surface area contributed by atoms with Crippen molar-refractivity contribution in [3.8, 4) is 0 Å². The molecule has 0 saturated heterocycles. The van der Waals surface area contributed by atoms with Crippen LogP contribution in [0.4, 0.5) is 0 Å². The predicted molar refractivity (Wildman–Crippen MR) is 61.8 cm³/mol. The van der Waals surface area contributed by atoms with E-state index in [1.54, 1.807) is 7.05 Å². The fraction of sp³-hybridized carbons (Fsp3) is 0.417. The molecular weight excluding hydrogens is 188 g/mol. The van der Waals surface area contributed by atoms with Gasteiger partial charge in [0.2, 0.25) is 5.91 Å². The first-order chi connectivity index (χ1) is 7.22. The first-order valence-electron chi connectivity index (χ1n) is 5.19. The van der Waals surface area contributed by atoms with E-state index in [9.17, 15) is 4.79 Å². The highest BCUT2D eigenvalue weighted by molar-refractivity contribution is 5.77. The second kappa shape index (κ2) is 6.19. The van der Waals surface area contributed by atoms with Gasteiger partial charge in [-0.2, -0.15) is 0 Å². The van der Waals surface area contributed by atoms with E-state index in [2.05, 4.69) is 35.8 Å². The van der Waals surface area contributed by atoms with Gasteiger partial charge < -0.3 is 10.6 Å². The number of aryl methyl sites for hydroxylation is 1. The van der Waals surface area contributed by atoms with Crippen LogP contribution in [0.25, 0.3) is 0 Å². The van der Waals surface area contributed by atoms with Gasteiger partial charge in [-0.15, -0.1) is 0 Å². The number of hydrogen-bond acceptors (Lipinski definition) is 2. The Balaban J connectivity index is 2.28. The van der Waals surface area contributed by atoms with Crippen LogP contribution < -0.4 is 10.6 Å². The van der Waals surface area contributed by atoms with Crippen molar-refractivity contribution in [2.24, 2.45) is 0 Å². The molecule has 15 heavy (non-hydrogen) atoms. The van der Waals surface area contributed by atoms with E-state index < -0.39 is 0 Å². The zero-order chi connectivity index (χ0) is 11.1. The van der Waals surface area contributed by atoms with E-state index in [-0.39, 0.29) is 5.91 Å². The minimum Gasteiger partial charge on any atom is -0.355 e. The van der Waals surface area contributed by atoms with Gasteiger partial charge in [0.15, 0.2) is 0 Å². The summed E-state index contributed by atoms with van der Waals surface area (Å²) in [5.74, 6) is 0.0464. The number of likely N-dealkylation sites (N-methyl/N-ethyl adjacent to an activating group) is 1. The summed E-state index contributed by atoms with van der Waals surface area (Å²) in [5.41, 5.74) is 2.52. The van der Waals surface area contributed by atoms with Gasteiger partial charge in [0, 0.05) is 6.54 Å². The van der Waals surface area contributed by atoms with E-state index in [0.717, 1.165) is 6.42 Å². The molecule has 0 saturated carbocycles. The number of carbonyl (C=O) groups excluding carboxylic acids is 1. The van der Waals surface area contributed by atoms with Crippen molar-refractivity contribution < 1.29 is 4.79 Å². The van der Waals surface area contributed by atoms with Crippen LogP contribution in [0.1, 0.15) is 11.1 Å². The number of nitrogens with one attached hydrogen (secondary N) is 2. The standard InChI is InChI=1S/C12H18N2O/c1-10-4-3-5-11(8-10)6-7-14-12(15)9-13-2/h3-5,8,13H,6-7,9H2,1-2H3,(H,14,15). The average Bonchev–Trinajstić information content (AvgIpc) is 2.18. The van der Waals surface area contributed by atoms with Crippen LogP contribution in [-0.4, -0.2) is 26.0 Å². The molecule has 1 rings (SSSR count). The van der Waals surface area contributed by atoms with E-state index in [1.807, 2.05) is 6.07 Å². The number of carbonyl (C=O) groups is 1. The fourth-order valence-electron chi connectivity index (χ4n) is 1.44. The van der Waals surface area contributed by atoms with Gasteiger partial charge in [0.25, 0.3) is 0 Å². The number of benzene rings is 1. The minimum absolute atomic E-state index is 0.0464. The summed E-state index contributed by atoms with van der Waals surface area (Å²) in [6, 6.07) is 8.34. The molecule has 3 heteroatoms. The molecule has 0 fully saturated rings. The Hall–Kier alpha value is -1.35. The van der Waals surface area contributed by atoms with Crippen LogP contribution in [0.3, 0.4) is 0 Å². The summed E-state index contributed by atoms with van der Waals surface area (Å²) in [6.45, 7) is 3.15. The quantitative estimate of drug-likeness (QED) is 0.750. The van der Waals surface area contributed by atoms with Gasteiger partial charge in [0.05, 0.1) is 6.54 Å². The maximum Gasteiger partial charge on any atom is 0.233 e. The highest BCUT2D eigenvalue weighted by atomic mass is 16.1. The van der Waals surface area contributed by atoms with Crippen LogP contribution in [0, 0.1) is 6.92 Å². The third-order valence-corrected chi connectivity index (χ3v) is 2.16. The molecule has 0 spiro atoms. The zero-order valence-electron chi connectivity index (χ0n) is 9.34. The second-order valence-corrected chi connectivity index (χ2v) is 3.62. The third kappa shape index (κ3) is 4.61. The lowest BCUT2D eigenvalue weighted by Crippen LogP contribution is -2.33. The molecule has 0 unspecified atom stereocenters. The lowest BCUT2D eigenvalue weighted by molar-refractivity contribution is -0.120. The Morgan fingerprint density at radius 3 is 2.87 bits per heavy atom. The average molecular weight is 206 g/mol. The number of hydrogen-bond donors (Lipinski definition) is 2. The first-order valence-corrected chi connectivity index (χ1v) is 5.19. The lowest BCUT2D eigenvalue weighted by atomic mass is 10.1. The normalized spacial score (nSPS) is 10.0. The number of amides is 1. The molecule has 0 aliphatic heterocycles. The van der Waals surface area contributed by atoms with E-state index in [4.69, 9.17) is 0 Å². The maximum absolute atomic E-state index is 11.1. The number of rotatable bonds is 5. The van der Waals surface area contributed by atoms with Crippen LogP contribution in [-0.2, 0) is 11.2 Å². The summed E-state index contributed by atoms with van der Waals surface area (Å²) in [6.07, 6.45) is 0.886. The predicted octanol–water partition coefficient (Wildman–Crippen LogP) is 0.873. The topological polar surface area (TPSA) is 41.1 Å². The maximum atomic E-state index is 11.1. The third-order valence-electron chi connectivity index (χ3n) is 2.16. The zero-order valence-corrected chi connectivity index (χ0v) is 9.34. The van der Waals surface area contributed by atoms with Crippen molar-refractivity contribution in [2.45, 2.75) is 13.3 Å².